The topological polar surface area (TPSA) is 93.7 Å². The Bertz CT molecular complexity index is 1080. The Balaban J connectivity index is 1.43. The number of para-hydroxylation sites is 2. The average molecular weight is 404 g/mol. The van der Waals surface area contributed by atoms with E-state index in [2.05, 4.69) is 10.7 Å². The summed E-state index contributed by atoms with van der Waals surface area (Å²) in [6.07, 6.45) is 1.78. The fourth-order valence-electron chi connectivity index (χ4n) is 4.23. The van der Waals surface area contributed by atoms with Crippen molar-refractivity contribution < 1.29 is 15.3 Å². The van der Waals surface area contributed by atoms with Gasteiger partial charge in [-0.2, -0.15) is 0 Å². The second-order valence-electron chi connectivity index (χ2n) is 7.99. The molecule has 1 aliphatic rings. The zero-order valence-corrected chi connectivity index (χ0v) is 17.4. The van der Waals surface area contributed by atoms with Gasteiger partial charge in [-0.05, 0) is 49.6 Å². The number of nitrogens with zero attached hydrogens (tertiary/aromatic N) is 2. The minimum Gasteiger partial charge on any atom is -0.342 e. The number of hydrogen-bond donors (Lipinski definition) is 2. The number of hydrogen-bond acceptors (Lipinski definition) is 3. The number of rotatable bonds is 4. The highest BCUT2D eigenvalue weighted by Crippen LogP contribution is 2.28. The molecule has 3 aromatic rings. The first-order chi connectivity index (χ1) is 14.4. The van der Waals surface area contributed by atoms with E-state index in [1.54, 1.807) is 12.1 Å². The second kappa shape index (κ2) is 8.24. The summed E-state index contributed by atoms with van der Waals surface area (Å²) in [6, 6.07) is 15.3. The molecule has 2 heterocycles. The third-order valence-electron chi connectivity index (χ3n) is 5.78. The summed E-state index contributed by atoms with van der Waals surface area (Å²) in [5.74, 6) is 1.37. The number of nitrogens with one attached hydrogen (secondary N) is 1. The van der Waals surface area contributed by atoms with Crippen LogP contribution in [0.1, 0.15) is 54.4 Å². The smallest absolute Gasteiger partial charge is 0.253 e. The molecule has 0 bridgehead atoms. The molecule has 1 saturated heterocycles. The fourth-order valence-corrected chi connectivity index (χ4v) is 4.23. The lowest BCUT2D eigenvalue weighted by molar-refractivity contribution is -0.300. The van der Waals surface area contributed by atoms with Gasteiger partial charge in [0.1, 0.15) is 11.5 Å². The number of quaternary nitrogens is 1. The monoisotopic (exact) mass is 403 g/mol. The summed E-state index contributed by atoms with van der Waals surface area (Å²) in [5.41, 5.74) is 8.72. The first-order valence-corrected chi connectivity index (χ1v) is 10.3. The number of carbonyl (C=O) groups is 2. The number of carbonyl (C=O) groups excluding carboxylic acids is 2. The summed E-state index contributed by atoms with van der Waals surface area (Å²) in [4.78, 5) is 34.9. The van der Waals surface area contributed by atoms with Crippen LogP contribution in [0.4, 0.5) is 0 Å². The maximum absolute atomic E-state index is 12.9. The standard InChI is InChI=1S/C24H26N4O2/c1-15(25)22(16(2)29)17-7-9-19(10-8-17)24(30)28-13-11-18(12-14-28)23-26-20-5-3-4-6-21(20)27-23/h3-10,18H,11-14,25H2,1-2H3,(H,26,27)/p+1. The van der Waals surface area contributed by atoms with E-state index in [9.17, 15) is 9.59 Å². The number of amides is 1. The first-order valence-electron chi connectivity index (χ1n) is 10.3. The van der Waals surface area contributed by atoms with E-state index in [0.29, 0.717) is 30.1 Å². The molecular weight excluding hydrogens is 376 g/mol. The van der Waals surface area contributed by atoms with Crippen LogP contribution in [0.3, 0.4) is 0 Å². The molecule has 6 nitrogen and oxygen atoms in total. The van der Waals surface area contributed by atoms with Crippen LogP contribution < -0.4 is 5.73 Å². The molecule has 0 atom stereocenters. The Morgan fingerprint density at radius 3 is 2.23 bits per heavy atom. The molecule has 0 unspecified atom stereocenters. The molecule has 1 aromatic heterocycles. The highest BCUT2D eigenvalue weighted by atomic mass is 16.2. The summed E-state index contributed by atoms with van der Waals surface area (Å²) < 4.78 is 0. The van der Waals surface area contributed by atoms with Crippen molar-refractivity contribution in [1.29, 1.82) is 0 Å². The van der Waals surface area contributed by atoms with Crippen molar-refractivity contribution in [3.8, 4) is 0 Å². The lowest BCUT2D eigenvalue weighted by Crippen LogP contribution is -2.47. The Kier molecular flexibility index (Phi) is 5.50. The van der Waals surface area contributed by atoms with E-state index >= 15 is 0 Å². The Morgan fingerprint density at radius 1 is 1.00 bits per heavy atom. The molecule has 4 N–H and O–H groups in total. The lowest BCUT2D eigenvalue weighted by Gasteiger charge is -2.31. The summed E-state index contributed by atoms with van der Waals surface area (Å²) in [5, 5.41) is 0. The van der Waals surface area contributed by atoms with Gasteiger partial charge in [0, 0.05) is 31.5 Å². The molecule has 1 aliphatic heterocycles. The van der Waals surface area contributed by atoms with Gasteiger partial charge in [0.05, 0.1) is 16.6 Å². The SMILES string of the molecule is CC(=O)C(=C(C)[NH3+])c1ccc(C(=O)N2CCC(c3nc4ccccc4[nH]3)CC2)cc1. The van der Waals surface area contributed by atoms with Gasteiger partial charge in [-0.15, -0.1) is 0 Å². The molecular formula is C24H27N4O2+. The van der Waals surface area contributed by atoms with Gasteiger partial charge in [-0.25, -0.2) is 4.98 Å². The Hall–Kier alpha value is -3.25. The van der Waals surface area contributed by atoms with E-state index in [1.165, 1.54) is 6.92 Å². The molecule has 0 saturated carbocycles. The van der Waals surface area contributed by atoms with Gasteiger partial charge in [-0.3, -0.25) is 9.59 Å². The molecule has 0 aliphatic carbocycles. The number of Topliss-reactive ketones (excluding diaryl/α,β-unsaturated/α-hetero) is 1. The molecule has 1 fully saturated rings. The third-order valence-corrected chi connectivity index (χ3v) is 5.78. The van der Waals surface area contributed by atoms with Crippen LogP contribution in [0.2, 0.25) is 0 Å². The number of ketones is 1. The van der Waals surface area contributed by atoms with Crippen LogP contribution in [-0.4, -0.2) is 39.6 Å². The molecule has 1 amide bonds. The van der Waals surface area contributed by atoms with Crippen molar-refractivity contribution in [3.63, 3.8) is 0 Å². The van der Waals surface area contributed by atoms with E-state index < -0.39 is 0 Å². The van der Waals surface area contributed by atoms with Gasteiger partial charge in [-0.1, -0.05) is 24.3 Å². The van der Waals surface area contributed by atoms with Crippen molar-refractivity contribution >= 4 is 28.3 Å². The van der Waals surface area contributed by atoms with Crippen LogP contribution in [0.15, 0.2) is 54.2 Å². The first kappa shape index (κ1) is 20.0. The van der Waals surface area contributed by atoms with Gasteiger partial charge >= 0.3 is 0 Å². The van der Waals surface area contributed by atoms with E-state index in [4.69, 9.17) is 4.98 Å². The van der Waals surface area contributed by atoms with Crippen LogP contribution in [-0.2, 0) is 4.79 Å². The van der Waals surface area contributed by atoms with Crippen molar-refractivity contribution in [1.82, 2.24) is 14.9 Å². The summed E-state index contributed by atoms with van der Waals surface area (Å²) >= 11 is 0. The lowest BCUT2D eigenvalue weighted by atomic mass is 9.95. The summed E-state index contributed by atoms with van der Waals surface area (Å²) in [7, 11) is 0. The van der Waals surface area contributed by atoms with Gasteiger partial charge in [0.25, 0.3) is 5.91 Å². The highest BCUT2D eigenvalue weighted by molar-refractivity contribution is 6.20. The van der Waals surface area contributed by atoms with Crippen molar-refractivity contribution in [2.24, 2.45) is 0 Å². The normalized spacial score (nSPS) is 15.9. The summed E-state index contributed by atoms with van der Waals surface area (Å²) in [6.45, 7) is 4.77. The minimum atomic E-state index is -0.0192. The van der Waals surface area contributed by atoms with Crippen LogP contribution in [0.25, 0.3) is 16.6 Å². The molecule has 2 aromatic carbocycles. The van der Waals surface area contributed by atoms with Crippen LogP contribution in [0, 0.1) is 0 Å². The number of allylic oxidation sites excluding steroid dienone is 2. The predicted octanol–water partition coefficient (Wildman–Crippen LogP) is 3.14. The number of piperidine rings is 1. The molecule has 30 heavy (non-hydrogen) atoms. The van der Waals surface area contributed by atoms with Crippen molar-refractivity contribution in [3.05, 3.63) is 71.2 Å². The zero-order chi connectivity index (χ0) is 21.3. The zero-order valence-electron chi connectivity index (χ0n) is 17.4. The Labute approximate surface area is 175 Å². The van der Waals surface area contributed by atoms with Gasteiger partial charge in [0.2, 0.25) is 0 Å². The molecule has 0 spiro atoms. The van der Waals surface area contributed by atoms with E-state index in [0.717, 1.165) is 41.0 Å². The fraction of sp³-hybridized carbons (Fsp3) is 0.292. The predicted molar refractivity (Wildman–Crippen MR) is 117 cm³/mol. The van der Waals surface area contributed by atoms with Crippen molar-refractivity contribution in [2.45, 2.75) is 32.6 Å². The number of benzene rings is 2. The average Bonchev–Trinajstić information content (AvgIpc) is 3.18. The van der Waals surface area contributed by atoms with E-state index in [1.807, 2.05) is 48.2 Å². The van der Waals surface area contributed by atoms with Gasteiger partial charge < -0.3 is 15.6 Å². The quantitative estimate of drug-likeness (QED) is 0.655. The molecule has 154 valence electrons. The van der Waals surface area contributed by atoms with Crippen LogP contribution >= 0.6 is 0 Å². The number of fused-ring (bicyclic) bond motifs is 1. The maximum atomic E-state index is 12.9. The second-order valence-corrected chi connectivity index (χ2v) is 7.99. The van der Waals surface area contributed by atoms with E-state index in [-0.39, 0.29) is 11.7 Å². The Morgan fingerprint density at radius 2 is 1.63 bits per heavy atom. The number of likely N-dealkylation sites (tertiary alicyclic amines) is 1. The number of imidazole rings is 1. The number of H-pyrrole nitrogens is 1. The maximum Gasteiger partial charge on any atom is 0.253 e. The van der Waals surface area contributed by atoms with Crippen LogP contribution in [0.5, 0.6) is 0 Å². The molecule has 4 rings (SSSR count). The minimum absolute atomic E-state index is 0.0192. The van der Waals surface area contributed by atoms with Crippen molar-refractivity contribution in [2.75, 3.05) is 13.1 Å². The number of aromatic nitrogens is 2. The number of aromatic amines is 1. The highest BCUT2D eigenvalue weighted by Gasteiger charge is 2.26. The molecule has 0 radical (unpaired) electrons. The molecule has 6 heteroatoms. The van der Waals surface area contributed by atoms with Gasteiger partial charge in [0.15, 0.2) is 5.78 Å². The third kappa shape index (κ3) is 3.91. The largest absolute Gasteiger partial charge is 0.342 e.